The average Bonchev–Trinajstić information content (AvgIpc) is 1.99. The molecule has 1 saturated carbocycles. The van der Waals surface area contributed by atoms with E-state index in [2.05, 4.69) is 0 Å². The maximum atomic E-state index is 11.2. The molecule has 3 unspecified atom stereocenters. The van der Waals surface area contributed by atoms with Crippen LogP contribution in [0.3, 0.4) is 0 Å². The largest absolute Gasteiger partial charge is 0.481 e. The summed E-state index contributed by atoms with van der Waals surface area (Å²) in [5, 5.41) is 9.18. The highest BCUT2D eigenvalue weighted by atomic mass is 16.4. The van der Waals surface area contributed by atoms with Gasteiger partial charge in [-0.2, -0.15) is 0 Å². The molecule has 0 aromatic rings. The van der Waals surface area contributed by atoms with E-state index >= 15 is 0 Å². The van der Waals surface area contributed by atoms with Crippen molar-refractivity contribution in [1.29, 1.82) is 0 Å². The molecule has 0 aromatic carbocycles. The number of hydrogen-bond acceptors (Lipinski definition) is 3. The van der Waals surface area contributed by atoms with Gasteiger partial charge < -0.3 is 16.6 Å². The molecule has 0 aromatic heterocycles. The summed E-state index contributed by atoms with van der Waals surface area (Å²) in [6.07, 6.45) is 3.61. The summed E-state index contributed by atoms with van der Waals surface area (Å²) in [4.78, 5) is 11.2. The highest BCUT2D eigenvalue weighted by Crippen LogP contribution is 2.35. The van der Waals surface area contributed by atoms with E-state index in [0.29, 0.717) is 19.3 Å². The third kappa shape index (κ3) is 3.18. The minimum absolute atomic E-state index is 0.110. The van der Waals surface area contributed by atoms with Gasteiger partial charge in [0.1, 0.15) is 0 Å². The Balaban J connectivity index is 2.74. The molecule has 4 nitrogen and oxygen atoms in total. The zero-order valence-electron chi connectivity index (χ0n) is 9.62. The highest BCUT2D eigenvalue weighted by molar-refractivity contribution is 5.74. The molecule has 1 aliphatic carbocycles. The van der Waals surface area contributed by atoms with Gasteiger partial charge in [0.2, 0.25) is 0 Å². The second-order valence-electron chi connectivity index (χ2n) is 5.54. The molecule has 0 radical (unpaired) electrons. The van der Waals surface area contributed by atoms with Crippen molar-refractivity contribution >= 4 is 5.97 Å². The van der Waals surface area contributed by atoms with Crippen LogP contribution < -0.4 is 11.5 Å². The van der Waals surface area contributed by atoms with Gasteiger partial charge in [-0.25, -0.2) is 0 Å². The van der Waals surface area contributed by atoms with Gasteiger partial charge in [0.05, 0.1) is 5.41 Å². The van der Waals surface area contributed by atoms with Crippen molar-refractivity contribution in [3.8, 4) is 0 Å². The molecule has 1 fully saturated rings. The predicted molar refractivity (Wildman–Crippen MR) is 59.4 cm³/mol. The Labute approximate surface area is 91.0 Å². The summed E-state index contributed by atoms with van der Waals surface area (Å²) in [5.41, 5.74) is 11.1. The zero-order valence-corrected chi connectivity index (χ0v) is 9.62. The van der Waals surface area contributed by atoms with Crippen LogP contribution in [0.2, 0.25) is 0 Å². The summed E-state index contributed by atoms with van der Waals surface area (Å²) >= 11 is 0. The fourth-order valence-electron chi connectivity index (χ4n) is 2.53. The van der Waals surface area contributed by atoms with Gasteiger partial charge in [-0.3, -0.25) is 4.79 Å². The van der Waals surface area contributed by atoms with Crippen molar-refractivity contribution in [2.75, 3.05) is 0 Å². The van der Waals surface area contributed by atoms with Crippen LogP contribution in [-0.4, -0.2) is 22.7 Å². The van der Waals surface area contributed by atoms with E-state index in [-0.39, 0.29) is 11.6 Å². The molecule has 4 heteroatoms. The second kappa shape index (κ2) is 4.10. The Morgan fingerprint density at radius 1 is 1.33 bits per heavy atom. The topological polar surface area (TPSA) is 89.3 Å². The van der Waals surface area contributed by atoms with Gasteiger partial charge in [-0.15, -0.1) is 0 Å². The second-order valence-corrected chi connectivity index (χ2v) is 5.54. The van der Waals surface area contributed by atoms with Crippen molar-refractivity contribution in [3.05, 3.63) is 0 Å². The van der Waals surface area contributed by atoms with E-state index in [1.165, 1.54) is 0 Å². The number of carboxylic acids is 1. The molecule has 1 aliphatic rings. The lowest BCUT2D eigenvalue weighted by Gasteiger charge is -2.36. The summed E-state index contributed by atoms with van der Waals surface area (Å²) in [5.74, 6) is -0.737. The molecule has 0 amide bonds. The van der Waals surface area contributed by atoms with Crippen LogP contribution in [0.15, 0.2) is 0 Å². The monoisotopic (exact) mass is 214 g/mol. The molecular weight excluding hydrogens is 192 g/mol. The maximum absolute atomic E-state index is 11.2. The summed E-state index contributed by atoms with van der Waals surface area (Å²) in [6.45, 7) is 3.78. The Kier molecular flexibility index (Phi) is 3.41. The first-order valence-corrected chi connectivity index (χ1v) is 5.53. The minimum atomic E-state index is -0.737. The standard InChI is InChI=1S/C11H22N2O2/c1-10(9(14)15)4-3-5-11(2,13)7-8(12)6-10/h8H,3-7,12-13H2,1-2H3,(H,14,15). The van der Waals surface area contributed by atoms with E-state index < -0.39 is 11.4 Å². The molecule has 0 spiro atoms. The molecular formula is C11H22N2O2. The van der Waals surface area contributed by atoms with Crippen LogP contribution in [-0.2, 0) is 4.79 Å². The molecule has 0 aliphatic heterocycles. The molecule has 0 bridgehead atoms. The fourth-order valence-corrected chi connectivity index (χ4v) is 2.53. The van der Waals surface area contributed by atoms with Gasteiger partial charge in [0.25, 0.3) is 0 Å². The van der Waals surface area contributed by atoms with Gasteiger partial charge >= 0.3 is 5.97 Å². The van der Waals surface area contributed by atoms with Crippen molar-refractivity contribution < 1.29 is 9.90 Å². The SMILES string of the molecule is CC1(N)CCCC(C)(C(=O)O)CC(N)C1. The number of hydrogen-bond donors (Lipinski definition) is 3. The van der Waals surface area contributed by atoms with Gasteiger partial charge in [0, 0.05) is 11.6 Å². The van der Waals surface area contributed by atoms with Crippen molar-refractivity contribution in [3.63, 3.8) is 0 Å². The van der Waals surface area contributed by atoms with E-state index in [4.69, 9.17) is 11.5 Å². The first kappa shape index (κ1) is 12.5. The van der Waals surface area contributed by atoms with Crippen LogP contribution in [0, 0.1) is 5.41 Å². The van der Waals surface area contributed by atoms with Crippen LogP contribution in [0.5, 0.6) is 0 Å². The lowest BCUT2D eigenvalue weighted by Crippen LogP contribution is -2.47. The average molecular weight is 214 g/mol. The molecule has 3 atom stereocenters. The molecule has 0 saturated heterocycles. The normalized spacial score (nSPS) is 43.1. The number of nitrogens with two attached hydrogens (primary N) is 2. The number of carbonyl (C=O) groups is 1. The van der Waals surface area contributed by atoms with Crippen molar-refractivity contribution in [1.82, 2.24) is 0 Å². The van der Waals surface area contributed by atoms with E-state index in [0.717, 1.165) is 12.8 Å². The quantitative estimate of drug-likeness (QED) is 0.609. The Bertz CT molecular complexity index is 253. The number of carboxylic acid groups (broad SMARTS) is 1. The van der Waals surface area contributed by atoms with E-state index in [1.807, 2.05) is 6.92 Å². The third-order valence-corrected chi connectivity index (χ3v) is 3.43. The summed E-state index contributed by atoms with van der Waals surface area (Å²) in [7, 11) is 0. The Morgan fingerprint density at radius 2 is 1.93 bits per heavy atom. The molecule has 0 heterocycles. The number of rotatable bonds is 1. The number of aliphatic carboxylic acids is 1. The first-order valence-electron chi connectivity index (χ1n) is 5.53. The van der Waals surface area contributed by atoms with Gasteiger partial charge in [0.15, 0.2) is 0 Å². The fraction of sp³-hybridized carbons (Fsp3) is 0.909. The lowest BCUT2D eigenvalue weighted by molar-refractivity contribution is -0.149. The summed E-state index contributed by atoms with van der Waals surface area (Å²) < 4.78 is 0. The third-order valence-electron chi connectivity index (χ3n) is 3.43. The Morgan fingerprint density at radius 3 is 2.47 bits per heavy atom. The Hall–Kier alpha value is -0.610. The van der Waals surface area contributed by atoms with Crippen molar-refractivity contribution in [2.45, 2.75) is 57.5 Å². The molecule has 5 N–H and O–H groups in total. The highest BCUT2D eigenvalue weighted by Gasteiger charge is 2.38. The van der Waals surface area contributed by atoms with Crippen LogP contribution in [0.25, 0.3) is 0 Å². The summed E-state index contributed by atoms with van der Waals surface area (Å²) in [6, 6.07) is -0.110. The zero-order chi connectivity index (χ0) is 11.7. The van der Waals surface area contributed by atoms with Crippen LogP contribution in [0.1, 0.15) is 46.0 Å². The predicted octanol–water partition coefficient (Wildman–Crippen LogP) is 1.09. The van der Waals surface area contributed by atoms with Crippen LogP contribution in [0.4, 0.5) is 0 Å². The molecule has 15 heavy (non-hydrogen) atoms. The first-order chi connectivity index (χ1) is 6.75. The van der Waals surface area contributed by atoms with Crippen molar-refractivity contribution in [2.24, 2.45) is 16.9 Å². The smallest absolute Gasteiger partial charge is 0.309 e. The van der Waals surface area contributed by atoms with Gasteiger partial charge in [-0.1, -0.05) is 6.42 Å². The minimum Gasteiger partial charge on any atom is -0.481 e. The van der Waals surface area contributed by atoms with Crippen LogP contribution >= 0.6 is 0 Å². The molecule has 88 valence electrons. The van der Waals surface area contributed by atoms with E-state index in [1.54, 1.807) is 6.92 Å². The van der Waals surface area contributed by atoms with E-state index in [9.17, 15) is 9.90 Å². The van der Waals surface area contributed by atoms with Gasteiger partial charge in [-0.05, 0) is 39.5 Å². The maximum Gasteiger partial charge on any atom is 0.309 e. The lowest BCUT2D eigenvalue weighted by atomic mass is 9.72. The molecule has 1 rings (SSSR count).